The Hall–Kier alpha value is -0.860. The molecule has 0 saturated heterocycles. The molecule has 0 amide bonds. The number of hydrogen-bond acceptors (Lipinski definition) is 3. The van der Waals surface area contributed by atoms with E-state index in [0.29, 0.717) is 12.8 Å². The molecule has 0 aromatic rings. The Morgan fingerprint density at radius 1 is 0.633 bits per heavy atom. The lowest BCUT2D eigenvalue weighted by atomic mass is 10.0. The minimum Gasteiger partial charge on any atom is -0.462 e. The van der Waals surface area contributed by atoms with Crippen LogP contribution in [0.2, 0.25) is 0 Å². The Kier molecular flexibility index (Phi) is 23.7. The van der Waals surface area contributed by atoms with E-state index in [-0.39, 0.29) is 12.1 Å². The molecule has 0 aliphatic heterocycles. The fourth-order valence-electron chi connectivity index (χ4n) is 4.02. The van der Waals surface area contributed by atoms with Crippen LogP contribution in [-0.2, 0) is 14.3 Å². The van der Waals surface area contributed by atoms with Crippen molar-refractivity contribution < 1.29 is 14.3 Å². The van der Waals surface area contributed by atoms with Crippen molar-refractivity contribution >= 4 is 12.3 Å². The normalized spacial score (nSPS) is 12.1. The first-order valence-corrected chi connectivity index (χ1v) is 13.4. The number of carbonyl (C=O) groups excluding carboxylic acids is 2. The van der Waals surface area contributed by atoms with Gasteiger partial charge in [0, 0.05) is 12.8 Å². The Balaban J connectivity index is 3.56. The van der Waals surface area contributed by atoms with Crippen LogP contribution in [0.1, 0.15) is 155 Å². The smallest absolute Gasteiger partial charge is 0.306 e. The lowest BCUT2D eigenvalue weighted by molar-refractivity contribution is -0.150. The topological polar surface area (TPSA) is 43.4 Å². The molecule has 30 heavy (non-hydrogen) atoms. The zero-order valence-electron chi connectivity index (χ0n) is 20.4. The third-order valence-electron chi connectivity index (χ3n) is 6.02. The summed E-state index contributed by atoms with van der Waals surface area (Å²) in [6, 6.07) is 0. The molecule has 0 aliphatic carbocycles. The monoisotopic (exact) mass is 424 g/mol. The zero-order valence-corrected chi connectivity index (χ0v) is 20.4. The molecule has 0 saturated carbocycles. The molecule has 0 heterocycles. The van der Waals surface area contributed by atoms with E-state index in [1.807, 2.05) is 0 Å². The number of ether oxygens (including phenoxy) is 1. The Morgan fingerprint density at radius 2 is 1.03 bits per heavy atom. The summed E-state index contributed by atoms with van der Waals surface area (Å²) < 4.78 is 5.57. The van der Waals surface area contributed by atoms with Gasteiger partial charge in [0.05, 0.1) is 0 Å². The van der Waals surface area contributed by atoms with Gasteiger partial charge in [0.25, 0.3) is 0 Å². The van der Waals surface area contributed by atoms with Crippen LogP contribution in [0.3, 0.4) is 0 Å². The molecule has 1 unspecified atom stereocenters. The van der Waals surface area contributed by atoms with Crippen LogP contribution in [0.4, 0.5) is 0 Å². The van der Waals surface area contributed by atoms with E-state index in [2.05, 4.69) is 13.8 Å². The summed E-state index contributed by atoms with van der Waals surface area (Å²) in [6.07, 6.45) is 26.6. The molecule has 1 atom stereocenters. The number of rotatable bonds is 24. The van der Waals surface area contributed by atoms with Crippen LogP contribution in [0.15, 0.2) is 0 Å². The van der Waals surface area contributed by atoms with Gasteiger partial charge >= 0.3 is 5.97 Å². The van der Waals surface area contributed by atoms with Gasteiger partial charge in [0.1, 0.15) is 12.4 Å². The summed E-state index contributed by atoms with van der Waals surface area (Å²) in [6.45, 7) is 4.50. The van der Waals surface area contributed by atoms with E-state index >= 15 is 0 Å². The highest BCUT2D eigenvalue weighted by Gasteiger charge is 2.13. The first kappa shape index (κ1) is 29.1. The molecular weight excluding hydrogens is 372 g/mol. The average molecular weight is 425 g/mol. The van der Waals surface area contributed by atoms with E-state index in [9.17, 15) is 9.59 Å². The van der Waals surface area contributed by atoms with Gasteiger partial charge in [-0.2, -0.15) is 0 Å². The van der Waals surface area contributed by atoms with E-state index in [1.54, 1.807) is 0 Å². The predicted molar refractivity (Wildman–Crippen MR) is 129 cm³/mol. The summed E-state index contributed by atoms with van der Waals surface area (Å²) in [4.78, 5) is 23.0. The second-order valence-corrected chi connectivity index (χ2v) is 9.06. The first-order chi connectivity index (χ1) is 14.7. The lowest BCUT2D eigenvalue weighted by Gasteiger charge is -2.15. The SMILES string of the molecule is CCCCCCCCCCCCCCC(=O)OC(CC=O)CCCCCCCCC. The second-order valence-electron chi connectivity index (χ2n) is 9.06. The van der Waals surface area contributed by atoms with Gasteiger partial charge in [-0.15, -0.1) is 0 Å². The van der Waals surface area contributed by atoms with Gasteiger partial charge in [-0.25, -0.2) is 0 Å². The van der Waals surface area contributed by atoms with Crippen molar-refractivity contribution in [1.29, 1.82) is 0 Å². The molecule has 0 aromatic carbocycles. The molecule has 0 fully saturated rings. The highest BCUT2D eigenvalue weighted by molar-refractivity contribution is 5.69. The van der Waals surface area contributed by atoms with Crippen molar-refractivity contribution in [2.75, 3.05) is 0 Å². The summed E-state index contributed by atoms with van der Waals surface area (Å²) in [7, 11) is 0. The maximum absolute atomic E-state index is 12.1. The Morgan fingerprint density at radius 3 is 1.47 bits per heavy atom. The molecular formula is C27H52O3. The number of aldehydes is 1. The molecule has 0 aromatic heterocycles. The van der Waals surface area contributed by atoms with Gasteiger partial charge in [0.15, 0.2) is 0 Å². The summed E-state index contributed by atoms with van der Waals surface area (Å²) >= 11 is 0. The molecule has 0 N–H and O–H groups in total. The maximum Gasteiger partial charge on any atom is 0.306 e. The van der Waals surface area contributed by atoms with Crippen LogP contribution < -0.4 is 0 Å². The third kappa shape index (κ3) is 21.8. The van der Waals surface area contributed by atoms with Gasteiger partial charge in [-0.1, -0.05) is 123 Å². The van der Waals surface area contributed by atoms with Crippen LogP contribution in [0, 0.1) is 0 Å². The van der Waals surface area contributed by atoms with Crippen LogP contribution in [0.5, 0.6) is 0 Å². The van der Waals surface area contributed by atoms with Crippen LogP contribution in [0.25, 0.3) is 0 Å². The van der Waals surface area contributed by atoms with Crippen LogP contribution >= 0.6 is 0 Å². The molecule has 3 heteroatoms. The lowest BCUT2D eigenvalue weighted by Crippen LogP contribution is -2.18. The summed E-state index contributed by atoms with van der Waals surface area (Å²) in [5, 5.41) is 0. The maximum atomic E-state index is 12.1. The predicted octanol–water partition coefficient (Wildman–Crippen LogP) is 8.72. The van der Waals surface area contributed by atoms with Crippen molar-refractivity contribution in [3.05, 3.63) is 0 Å². The number of unbranched alkanes of at least 4 members (excludes halogenated alkanes) is 17. The zero-order chi connectivity index (χ0) is 22.1. The minimum atomic E-state index is -0.206. The van der Waals surface area contributed by atoms with Gasteiger partial charge in [0.2, 0.25) is 0 Å². The number of carbonyl (C=O) groups is 2. The quantitative estimate of drug-likeness (QED) is 0.0883. The summed E-state index contributed by atoms with van der Waals surface area (Å²) in [5.41, 5.74) is 0. The Labute approximate surface area is 188 Å². The van der Waals surface area contributed by atoms with E-state index < -0.39 is 0 Å². The largest absolute Gasteiger partial charge is 0.462 e. The fourth-order valence-corrected chi connectivity index (χ4v) is 4.02. The van der Waals surface area contributed by atoms with E-state index in [4.69, 9.17) is 4.74 Å². The molecule has 0 bridgehead atoms. The van der Waals surface area contributed by atoms with Crippen molar-refractivity contribution in [3.8, 4) is 0 Å². The highest BCUT2D eigenvalue weighted by Crippen LogP contribution is 2.15. The average Bonchev–Trinajstić information content (AvgIpc) is 2.74. The van der Waals surface area contributed by atoms with Crippen molar-refractivity contribution in [2.24, 2.45) is 0 Å². The standard InChI is InChI=1S/C27H52O3/c1-3-5-7-9-11-12-13-14-15-17-19-21-23-27(29)30-26(24-25-28)22-20-18-16-10-8-6-4-2/h25-26H,3-24H2,1-2H3. The van der Waals surface area contributed by atoms with Crippen molar-refractivity contribution in [3.63, 3.8) is 0 Å². The minimum absolute atomic E-state index is 0.114. The van der Waals surface area contributed by atoms with Crippen molar-refractivity contribution in [1.82, 2.24) is 0 Å². The molecule has 0 rings (SSSR count). The molecule has 3 nitrogen and oxygen atoms in total. The number of esters is 1. The first-order valence-electron chi connectivity index (χ1n) is 13.4. The second kappa shape index (κ2) is 24.4. The number of hydrogen-bond donors (Lipinski definition) is 0. The molecule has 178 valence electrons. The summed E-state index contributed by atoms with van der Waals surface area (Å²) in [5.74, 6) is -0.114. The molecule has 0 aliphatic rings. The molecule has 0 spiro atoms. The van der Waals surface area contributed by atoms with Crippen molar-refractivity contribution in [2.45, 2.75) is 161 Å². The van der Waals surface area contributed by atoms with Gasteiger partial charge in [-0.3, -0.25) is 4.79 Å². The van der Waals surface area contributed by atoms with Gasteiger partial charge < -0.3 is 9.53 Å². The van der Waals surface area contributed by atoms with Gasteiger partial charge in [-0.05, 0) is 19.3 Å². The van der Waals surface area contributed by atoms with E-state index in [1.165, 1.54) is 103 Å². The van der Waals surface area contributed by atoms with E-state index in [0.717, 1.165) is 32.0 Å². The fraction of sp³-hybridized carbons (Fsp3) is 0.926. The third-order valence-corrected chi connectivity index (χ3v) is 6.02. The Bertz CT molecular complexity index is 367. The molecule has 0 radical (unpaired) electrons. The highest BCUT2D eigenvalue weighted by atomic mass is 16.5. The van der Waals surface area contributed by atoms with Crippen LogP contribution in [-0.4, -0.2) is 18.4 Å².